The fourth-order valence-corrected chi connectivity index (χ4v) is 8.35. The van der Waals surface area contributed by atoms with Crippen LogP contribution in [0.15, 0.2) is 60.7 Å². The van der Waals surface area contributed by atoms with E-state index in [4.69, 9.17) is 0 Å². The van der Waals surface area contributed by atoms with Gasteiger partial charge in [-0.2, -0.15) is 0 Å². The van der Waals surface area contributed by atoms with Crippen LogP contribution < -0.4 is 5.32 Å². The number of rotatable bonds is 7. The van der Waals surface area contributed by atoms with E-state index in [1.165, 1.54) is 17.5 Å². The first-order valence-corrected chi connectivity index (χ1v) is 11.7. The van der Waals surface area contributed by atoms with Gasteiger partial charge < -0.3 is 10.4 Å². The molecule has 30 heavy (non-hydrogen) atoms. The SMILES string of the molecule is O=C(CC1(c2ccccc2)C2CC3CC24C(CC14)C3O)NCCCc1ccccc1. The van der Waals surface area contributed by atoms with Crippen molar-refractivity contribution in [2.45, 2.75) is 50.0 Å². The van der Waals surface area contributed by atoms with Crippen molar-refractivity contribution < 1.29 is 9.90 Å². The van der Waals surface area contributed by atoms with E-state index in [9.17, 15) is 9.90 Å². The van der Waals surface area contributed by atoms with Gasteiger partial charge in [0.15, 0.2) is 0 Å². The summed E-state index contributed by atoms with van der Waals surface area (Å²) in [7, 11) is 0. The summed E-state index contributed by atoms with van der Waals surface area (Å²) in [6, 6.07) is 21.3. The number of aliphatic hydroxyl groups is 1. The number of nitrogens with one attached hydrogen (secondary N) is 1. The lowest BCUT2D eigenvalue weighted by atomic mass is 9.26. The second-order valence-electron chi connectivity index (χ2n) is 10.3. The molecule has 4 saturated carbocycles. The van der Waals surface area contributed by atoms with Crippen molar-refractivity contribution in [2.75, 3.05) is 6.54 Å². The summed E-state index contributed by atoms with van der Waals surface area (Å²) in [6.07, 6.45) is 5.89. The molecule has 6 rings (SSSR count). The first kappa shape index (κ1) is 18.6. The molecule has 0 radical (unpaired) electrons. The normalized spacial score (nSPS) is 39.7. The Hall–Kier alpha value is -2.13. The Kier molecular flexibility index (Phi) is 4.15. The van der Waals surface area contributed by atoms with Crippen LogP contribution in [0.1, 0.15) is 43.2 Å². The average Bonchev–Trinajstić information content (AvgIpc) is 3.27. The van der Waals surface area contributed by atoms with Crippen molar-refractivity contribution in [3.63, 3.8) is 0 Å². The standard InChI is InChI=1S/C27H31NO2/c29-24(28-13-7-10-18-8-3-1-4-9-18)17-26(20-11-5-2-6-12-20)22-14-19-16-27(22)21(25(19)30)15-23(26)27/h1-6,8-9,11-12,19,21-23,25,30H,7,10,13-17H2,(H,28,29). The fourth-order valence-electron chi connectivity index (χ4n) is 8.35. The summed E-state index contributed by atoms with van der Waals surface area (Å²) >= 11 is 0. The van der Waals surface area contributed by atoms with E-state index in [0.717, 1.165) is 32.2 Å². The topological polar surface area (TPSA) is 49.3 Å². The lowest BCUT2D eigenvalue weighted by Crippen LogP contribution is -2.76. The van der Waals surface area contributed by atoms with Gasteiger partial charge in [0.2, 0.25) is 5.91 Å². The van der Waals surface area contributed by atoms with Crippen LogP contribution in [0.25, 0.3) is 0 Å². The number of aliphatic hydroxyl groups excluding tert-OH is 1. The van der Waals surface area contributed by atoms with Gasteiger partial charge in [-0.15, -0.1) is 0 Å². The molecule has 3 nitrogen and oxygen atoms in total. The van der Waals surface area contributed by atoms with Gasteiger partial charge in [-0.25, -0.2) is 0 Å². The number of aryl methyl sites for hydroxylation is 1. The molecule has 0 aliphatic heterocycles. The minimum absolute atomic E-state index is 0.0177. The molecule has 4 fully saturated rings. The molecule has 156 valence electrons. The highest BCUT2D eigenvalue weighted by molar-refractivity contribution is 5.78. The molecule has 0 heterocycles. The predicted octanol–water partition coefficient (Wildman–Crippen LogP) is 4.10. The summed E-state index contributed by atoms with van der Waals surface area (Å²) in [5, 5.41) is 13.8. The molecule has 1 spiro atoms. The smallest absolute Gasteiger partial charge is 0.220 e. The van der Waals surface area contributed by atoms with Gasteiger partial charge in [-0.1, -0.05) is 60.7 Å². The first-order chi connectivity index (χ1) is 14.7. The first-order valence-electron chi connectivity index (χ1n) is 11.7. The molecule has 3 heteroatoms. The maximum Gasteiger partial charge on any atom is 0.220 e. The molecule has 2 bridgehead atoms. The Morgan fingerprint density at radius 2 is 1.70 bits per heavy atom. The van der Waals surface area contributed by atoms with E-state index in [2.05, 4.69) is 59.9 Å². The van der Waals surface area contributed by atoms with Gasteiger partial charge >= 0.3 is 0 Å². The Bertz CT molecular complexity index is 944. The maximum absolute atomic E-state index is 13.1. The third-order valence-electron chi connectivity index (χ3n) is 9.34. The Morgan fingerprint density at radius 3 is 2.43 bits per heavy atom. The maximum atomic E-state index is 13.1. The third-order valence-corrected chi connectivity index (χ3v) is 9.34. The molecular weight excluding hydrogens is 370 g/mol. The minimum Gasteiger partial charge on any atom is -0.393 e. The molecule has 2 aromatic rings. The number of carbonyl (C=O) groups excluding carboxylic acids is 1. The molecule has 2 aromatic carbocycles. The van der Waals surface area contributed by atoms with Crippen LogP contribution in [0.4, 0.5) is 0 Å². The molecule has 4 aliphatic carbocycles. The van der Waals surface area contributed by atoms with Gasteiger partial charge in [0.1, 0.15) is 0 Å². The third kappa shape index (κ3) is 2.33. The molecule has 2 N–H and O–H groups in total. The van der Waals surface area contributed by atoms with Crippen LogP contribution >= 0.6 is 0 Å². The zero-order valence-corrected chi connectivity index (χ0v) is 17.5. The largest absolute Gasteiger partial charge is 0.393 e. The van der Waals surface area contributed by atoms with Crippen LogP contribution in [0.5, 0.6) is 0 Å². The average molecular weight is 402 g/mol. The summed E-state index contributed by atoms with van der Waals surface area (Å²) in [5.74, 6) is 2.30. The number of fused-ring (bicyclic) bond motifs is 1. The quantitative estimate of drug-likeness (QED) is 0.686. The summed E-state index contributed by atoms with van der Waals surface area (Å²) in [5.41, 5.74) is 3.00. The van der Waals surface area contributed by atoms with Crippen LogP contribution in [0.3, 0.4) is 0 Å². The highest BCUT2D eigenvalue weighted by Gasteiger charge is 2.85. The second-order valence-corrected chi connectivity index (χ2v) is 10.3. The van der Waals surface area contributed by atoms with Gasteiger partial charge in [0, 0.05) is 18.4 Å². The van der Waals surface area contributed by atoms with Crippen molar-refractivity contribution in [3.8, 4) is 0 Å². The van der Waals surface area contributed by atoms with Crippen molar-refractivity contribution in [3.05, 3.63) is 71.8 Å². The molecular formula is C27H31NO2. The van der Waals surface area contributed by atoms with Crippen molar-refractivity contribution >= 4 is 5.91 Å². The van der Waals surface area contributed by atoms with Crippen LogP contribution in [-0.4, -0.2) is 23.7 Å². The lowest BCUT2D eigenvalue weighted by molar-refractivity contribution is -0.270. The molecule has 0 aromatic heterocycles. The van der Waals surface area contributed by atoms with E-state index in [-0.39, 0.29) is 17.4 Å². The highest BCUT2D eigenvalue weighted by atomic mass is 16.3. The Balaban J connectivity index is 1.16. The van der Waals surface area contributed by atoms with Crippen molar-refractivity contribution in [1.82, 2.24) is 5.32 Å². The number of hydrogen-bond acceptors (Lipinski definition) is 2. The molecule has 1 amide bonds. The summed E-state index contributed by atoms with van der Waals surface area (Å²) in [6.45, 7) is 0.739. The fraction of sp³-hybridized carbons (Fsp3) is 0.519. The number of amides is 1. The van der Waals surface area contributed by atoms with Crippen LogP contribution in [0.2, 0.25) is 0 Å². The van der Waals surface area contributed by atoms with E-state index in [1.54, 1.807) is 0 Å². The Labute approximate surface area is 178 Å². The monoisotopic (exact) mass is 401 g/mol. The molecule has 4 aliphatic rings. The Morgan fingerprint density at radius 1 is 1.00 bits per heavy atom. The van der Waals surface area contributed by atoms with Gasteiger partial charge in [0.25, 0.3) is 0 Å². The number of hydrogen-bond donors (Lipinski definition) is 2. The van der Waals surface area contributed by atoms with Crippen molar-refractivity contribution in [2.24, 2.45) is 29.1 Å². The molecule has 7 unspecified atom stereocenters. The van der Waals surface area contributed by atoms with Crippen molar-refractivity contribution in [1.29, 1.82) is 0 Å². The second kappa shape index (κ2) is 6.68. The van der Waals surface area contributed by atoms with E-state index in [0.29, 0.717) is 35.5 Å². The lowest BCUT2D eigenvalue weighted by Gasteiger charge is -2.77. The molecule has 0 saturated heterocycles. The number of carbonyl (C=O) groups is 1. The van der Waals surface area contributed by atoms with Gasteiger partial charge in [0.05, 0.1) is 6.10 Å². The van der Waals surface area contributed by atoms with Crippen LogP contribution in [0, 0.1) is 29.1 Å². The number of benzene rings is 2. The molecule has 7 atom stereocenters. The summed E-state index contributed by atoms with van der Waals surface area (Å²) in [4.78, 5) is 13.1. The minimum atomic E-state index is -0.0851. The van der Waals surface area contributed by atoms with E-state index in [1.807, 2.05) is 6.07 Å². The zero-order chi connectivity index (χ0) is 20.3. The summed E-state index contributed by atoms with van der Waals surface area (Å²) < 4.78 is 0. The van der Waals surface area contributed by atoms with Gasteiger partial charge in [-0.3, -0.25) is 4.79 Å². The van der Waals surface area contributed by atoms with E-state index >= 15 is 0 Å². The van der Waals surface area contributed by atoms with Crippen LogP contribution in [-0.2, 0) is 16.6 Å². The van der Waals surface area contributed by atoms with Gasteiger partial charge in [-0.05, 0) is 72.3 Å². The predicted molar refractivity (Wildman–Crippen MR) is 117 cm³/mol. The van der Waals surface area contributed by atoms with E-state index < -0.39 is 0 Å². The zero-order valence-electron chi connectivity index (χ0n) is 17.5. The highest BCUT2D eigenvalue weighted by Crippen LogP contribution is 2.87.